The van der Waals surface area contributed by atoms with E-state index in [4.69, 9.17) is 10.5 Å². The van der Waals surface area contributed by atoms with Gasteiger partial charge in [-0.25, -0.2) is 0 Å². The van der Waals surface area contributed by atoms with E-state index in [1.165, 1.54) is 5.56 Å². The van der Waals surface area contributed by atoms with Crippen molar-refractivity contribution in [2.75, 3.05) is 6.54 Å². The van der Waals surface area contributed by atoms with E-state index in [2.05, 4.69) is 5.32 Å². The molecular formula is C13H18N2O2. The highest BCUT2D eigenvalue weighted by Gasteiger charge is 2.13. The largest absolute Gasteiger partial charge is 0.372 e. The maximum absolute atomic E-state index is 11.8. The van der Waals surface area contributed by atoms with Gasteiger partial charge in [0.15, 0.2) is 0 Å². The van der Waals surface area contributed by atoms with Crippen LogP contribution in [0.2, 0.25) is 0 Å². The fourth-order valence-corrected chi connectivity index (χ4v) is 1.83. The molecule has 1 atom stereocenters. The summed E-state index contributed by atoms with van der Waals surface area (Å²) in [5.74, 6) is -0.0413. The first kappa shape index (κ1) is 12.1. The van der Waals surface area contributed by atoms with Gasteiger partial charge in [0.2, 0.25) is 0 Å². The minimum absolute atomic E-state index is 0.0413. The Labute approximate surface area is 101 Å². The molecule has 0 radical (unpaired) electrons. The van der Waals surface area contributed by atoms with Crippen LogP contribution < -0.4 is 11.1 Å². The standard InChI is InChI=1S/C13H18N2O2/c1-9(14)4-5-15-13(16)10-2-3-11-7-17-8-12(11)6-10/h2-3,6,9H,4-5,7-8,14H2,1H3,(H,15,16). The molecule has 1 aromatic carbocycles. The van der Waals surface area contributed by atoms with Gasteiger partial charge in [0.1, 0.15) is 0 Å². The Bertz CT molecular complexity index is 416. The van der Waals surface area contributed by atoms with E-state index in [-0.39, 0.29) is 11.9 Å². The molecule has 0 saturated carbocycles. The van der Waals surface area contributed by atoms with Gasteiger partial charge < -0.3 is 15.8 Å². The van der Waals surface area contributed by atoms with Gasteiger partial charge in [-0.15, -0.1) is 0 Å². The van der Waals surface area contributed by atoms with E-state index < -0.39 is 0 Å². The summed E-state index contributed by atoms with van der Waals surface area (Å²) < 4.78 is 5.31. The summed E-state index contributed by atoms with van der Waals surface area (Å²) in [6, 6.07) is 5.82. The molecule has 0 spiro atoms. The second kappa shape index (κ2) is 5.29. The second-order valence-electron chi connectivity index (χ2n) is 4.50. The Morgan fingerprint density at radius 3 is 3.00 bits per heavy atom. The number of carbonyl (C=O) groups excluding carboxylic acids is 1. The van der Waals surface area contributed by atoms with Crippen molar-refractivity contribution in [1.29, 1.82) is 0 Å². The molecule has 1 aliphatic rings. The van der Waals surface area contributed by atoms with E-state index in [1.54, 1.807) is 0 Å². The highest BCUT2D eigenvalue weighted by atomic mass is 16.5. The molecule has 2 rings (SSSR count). The second-order valence-corrected chi connectivity index (χ2v) is 4.50. The average Bonchev–Trinajstić information content (AvgIpc) is 2.75. The van der Waals surface area contributed by atoms with Gasteiger partial charge in [-0.1, -0.05) is 6.07 Å². The zero-order valence-electron chi connectivity index (χ0n) is 10.0. The molecule has 1 aromatic rings. The van der Waals surface area contributed by atoms with Crippen LogP contribution in [0.15, 0.2) is 18.2 Å². The third-order valence-corrected chi connectivity index (χ3v) is 2.87. The third kappa shape index (κ3) is 3.05. The summed E-state index contributed by atoms with van der Waals surface area (Å²) in [5.41, 5.74) is 8.61. The molecule has 0 saturated heterocycles. The molecule has 4 heteroatoms. The van der Waals surface area contributed by atoms with Crippen LogP contribution in [0.5, 0.6) is 0 Å². The fourth-order valence-electron chi connectivity index (χ4n) is 1.83. The molecule has 17 heavy (non-hydrogen) atoms. The Hall–Kier alpha value is -1.39. The van der Waals surface area contributed by atoms with Crippen molar-refractivity contribution in [3.8, 4) is 0 Å². The number of rotatable bonds is 4. The number of fused-ring (bicyclic) bond motifs is 1. The number of nitrogens with one attached hydrogen (secondary N) is 1. The molecule has 3 N–H and O–H groups in total. The molecule has 1 aliphatic heterocycles. The van der Waals surface area contributed by atoms with E-state index in [1.807, 2.05) is 25.1 Å². The van der Waals surface area contributed by atoms with Gasteiger partial charge in [0.05, 0.1) is 13.2 Å². The Morgan fingerprint density at radius 2 is 2.24 bits per heavy atom. The lowest BCUT2D eigenvalue weighted by Gasteiger charge is -2.08. The van der Waals surface area contributed by atoms with E-state index in [0.717, 1.165) is 12.0 Å². The SMILES string of the molecule is CC(N)CCNC(=O)c1ccc2c(c1)COC2. The molecule has 92 valence electrons. The quantitative estimate of drug-likeness (QED) is 0.822. The number of ether oxygens (including phenoxy) is 1. The van der Waals surface area contributed by atoms with Crippen molar-refractivity contribution in [2.24, 2.45) is 5.73 Å². The zero-order chi connectivity index (χ0) is 12.3. The predicted octanol–water partition coefficient (Wildman–Crippen LogP) is 1.18. The average molecular weight is 234 g/mol. The van der Waals surface area contributed by atoms with Crippen LogP contribution >= 0.6 is 0 Å². The van der Waals surface area contributed by atoms with E-state index in [9.17, 15) is 4.79 Å². The lowest BCUT2D eigenvalue weighted by molar-refractivity contribution is 0.0952. The summed E-state index contributed by atoms with van der Waals surface area (Å²) in [6.07, 6.45) is 0.791. The number of hydrogen-bond donors (Lipinski definition) is 2. The number of nitrogens with two attached hydrogens (primary N) is 1. The van der Waals surface area contributed by atoms with Crippen molar-refractivity contribution in [1.82, 2.24) is 5.32 Å². The van der Waals surface area contributed by atoms with Crippen molar-refractivity contribution in [2.45, 2.75) is 32.6 Å². The third-order valence-electron chi connectivity index (χ3n) is 2.87. The Morgan fingerprint density at radius 1 is 1.47 bits per heavy atom. The normalized spacial score (nSPS) is 15.4. The number of carbonyl (C=O) groups is 1. The summed E-state index contributed by atoms with van der Waals surface area (Å²) in [5, 5.41) is 2.86. The van der Waals surface area contributed by atoms with Gasteiger partial charge >= 0.3 is 0 Å². The molecule has 4 nitrogen and oxygen atoms in total. The predicted molar refractivity (Wildman–Crippen MR) is 65.5 cm³/mol. The van der Waals surface area contributed by atoms with E-state index >= 15 is 0 Å². The number of hydrogen-bond acceptors (Lipinski definition) is 3. The van der Waals surface area contributed by atoms with Gasteiger partial charge in [0, 0.05) is 18.2 Å². The van der Waals surface area contributed by atoms with Gasteiger partial charge in [-0.3, -0.25) is 4.79 Å². The maximum atomic E-state index is 11.8. The van der Waals surface area contributed by atoms with Gasteiger partial charge in [0.25, 0.3) is 5.91 Å². The first-order chi connectivity index (χ1) is 8.16. The topological polar surface area (TPSA) is 64.3 Å². The zero-order valence-corrected chi connectivity index (χ0v) is 10.0. The van der Waals surface area contributed by atoms with Crippen molar-refractivity contribution >= 4 is 5.91 Å². The molecule has 0 bridgehead atoms. The van der Waals surface area contributed by atoms with Gasteiger partial charge in [-0.2, -0.15) is 0 Å². The van der Waals surface area contributed by atoms with Crippen LogP contribution in [-0.4, -0.2) is 18.5 Å². The van der Waals surface area contributed by atoms with Crippen molar-refractivity contribution in [3.63, 3.8) is 0 Å². The summed E-state index contributed by atoms with van der Waals surface area (Å²) in [6.45, 7) is 3.81. The van der Waals surface area contributed by atoms with Crippen LogP contribution in [0.3, 0.4) is 0 Å². The molecule has 1 heterocycles. The molecule has 1 amide bonds. The number of benzene rings is 1. The number of amides is 1. The van der Waals surface area contributed by atoms with Crippen LogP contribution in [0, 0.1) is 0 Å². The molecule has 0 aromatic heterocycles. The maximum Gasteiger partial charge on any atom is 0.251 e. The summed E-state index contributed by atoms with van der Waals surface area (Å²) >= 11 is 0. The summed E-state index contributed by atoms with van der Waals surface area (Å²) in [4.78, 5) is 11.8. The minimum atomic E-state index is -0.0413. The highest BCUT2D eigenvalue weighted by Crippen LogP contribution is 2.20. The van der Waals surface area contributed by atoms with Crippen LogP contribution in [-0.2, 0) is 18.0 Å². The summed E-state index contributed by atoms with van der Waals surface area (Å²) in [7, 11) is 0. The molecule has 0 aliphatic carbocycles. The van der Waals surface area contributed by atoms with Crippen LogP contribution in [0.4, 0.5) is 0 Å². The van der Waals surface area contributed by atoms with Gasteiger partial charge in [-0.05, 0) is 36.6 Å². The smallest absolute Gasteiger partial charge is 0.251 e. The highest BCUT2D eigenvalue weighted by molar-refractivity contribution is 5.94. The molecule has 1 unspecified atom stereocenters. The Balaban J connectivity index is 1.95. The molecule has 0 fully saturated rings. The van der Waals surface area contributed by atoms with Crippen molar-refractivity contribution in [3.05, 3.63) is 34.9 Å². The fraction of sp³-hybridized carbons (Fsp3) is 0.462. The van der Waals surface area contributed by atoms with Crippen LogP contribution in [0.25, 0.3) is 0 Å². The minimum Gasteiger partial charge on any atom is -0.372 e. The lowest BCUT2D eigenvalue weighted by atomic mass is 10.1. The Kier molecular flexibility index (Phi) is 3.76. The monoisotopic (exact) mass is 234 g/mol. The van der Waals surface area contributed by atoms with Crippen LogP contribution in [0.1, 0.15) is 34.8 Å². The van der Waals surface area contributed by atoms with Crippen molar-refractivity contribution < 1.29 is 9.53 Å². The van der Waals surface area contributed by atoms with E-state index in [0.29, 0.717) is 25.3 Å². The first-order valence-corrected chi connectivity index (χ1v) is 5.90. The first-order valence-electron chi connectivity index (χ1n) is 5.90. The lowest BCUT2D eigenvalue weighted by Crippen LogP contribution is -2.29. The molecular weight excluding hydrogens is 216 g/mol.